The van der Waals surface area contributed by atoms with Crippen molar-refractivity contribution in [1.29, 1.82) is 0 Å². The van der Waals surface area contributed by atoms with E-state index in [0.29, 0.717) is 23.6 Å². The Balaban J connectivity index is 2.43. The number of carbonyl (C=O) groups is 2. The quantitative estimate of drug-likeness (QED) is 0.776. The molecule has 0 aromatic carbocycles. The molecule has 0 saturated carbocycles. The summed E-state index contributed by atoms with van der Waals surface area (Å²) < 4.78 is 10.5. The van der Waals surface area contributed by atoms with Gasteiger partial charge in [-0.2, -0.15) is 0 Å². The second-order valence-electron chi connectivity index (χ2n) is 4.99. The minimum Gasteiger partial charge on any atom is -0.467 e. The van der Waals surface area contributed by atoms with Crippen LogP contribution in [0.5, 0.6) is 0 Å². The molecule has 0 radical (unpaired) electrons. The van der Waals surface area contributed by atoms with Crippen LogP contribution < -0.4 is 10.6 Å². The Kier molecular flexibility index (Phi) is 5.21. The molecule has 7 nitrogen and oxygen atoms in total. The van der Waals surface area contributed by atoms with Crippen molar-refractivity contribution in [2.24, 2.45) is 0 Å². The second kappa shape index (κ2) is 7.13. The summed E-state index contributed by atoms with van der Waals surface area (Å²) in [6.07, 6.45) is 1.50. The fraction of sp³-hybridized carbons (Fsp3) is 0.467. The molecule has 1 aromatic rings. The fourth-order valence-electron chi connectivity index (χ4n) is 2.24. The van der Waals surface area contributed by atoms with Gasteiger partial charge in [-0.15, -0.1) is 0 Å². The van der Waals surface area contributed by atoms with Crippen molar-refractivity contribution >= 4 is 12.0 Å². The second-order valence-corrected chi connectivity index (χ2v) is 4.99. The number of nitrogens with zero attached hydrogens (tertiary/aromatic N) is 1. The number of amides is 2. The van der Waals surface area contributed by atoms with Crippen LogP contribution in [0.2, 0.25) is 0 Å². The standard InChI is InChI=1S/C15H21N3O4/c1-4-18(3)9-10-12(14(19)21-5-2)13(17-15(20)16-10)11-7-6-8-22-11/h6-8,13H,4-5,9H2,1-3H3,(H2,16,17,20)/t13-/m1/s1. The summed E-state index contributed by atoms with van der Waals surface area (Å²) in [4.78, 5) is 26.3. The minimum absolute atomic E-state index is 0.262. The van der Waals surface area contributed by atoms with Crippen molar-refractivity contribution < 1.29 is 18.7 Å². The van der Waals surface area contributed by atoms with Crippen LogP contribution in [-0.4, -0.2) is 43.6 Å². The zero-order valence-corrected chi connectivity index (χ0v) is 13.0. The molecule has 2 rings (SSSR count). The van der Waals surface area contributed by atoms with Gasteiger partial charge in [-0.1, -0.05) is 6.92 Å². The number of urea groups is 1. The summed E-state index contributed by atoms with van der Waals surface area (Å²) in [5, 5.41) is 5.42. The number of hydrogen-bond acceptors (Lipinski definition) is 5. The molecule has 2 heterocycles. The summed E-state index contributed by atoms with van der Waals surface area (Å²) in [5.74, 6) is 0.0328. The lowest BCUT2D eigenvalue weighted by atomic mass is 10.00. The Labute approximate surface area is 129 Å². The van der Waals surface area contributed by atoms with Crippen molar-refractivity contribution in [3.05, 3.63) is 35.4 Å². The van der Waals surface area contributed by atoms with Crippen molar-refractivity contribution in [2.75, 3.05) is 26.7 Å². The Bertz CT molecular complexity index is 565. The first-order chi connectivity index (χ1) is 10.6. The Hall–Kier alpha value is -2.28. The molecule has 1 aliphatic rings. The van der Waals surface area contributed by atoms with Gasteiger partial charge >= 0.3 is 12.0 Å². The van der Waals surface area contributed by atoms with Crippen molar-refractivity contribution in [1.82, 2.24) is 15.5 Å². The number of furan rings is 1. The van der Waals surface area contributed by atoms with E-state index in [4.69, 9.17) is 9.15 Å². The Morgan fingerprint density at radius 2 is 2.23 bits per heavy atom. The Morgan fingerprint density at radius 1 is 1.45 bits per heavy atom. The summed E-state index contributed by atoms with van der Waals surface area (Å²) in [6.45, 7) is 5.23. The average Bonchev–Trinajstić information content (AvgIpc) is 3.00. The molecule has 1 aliphatic heterocycles. The number of likely N-dealkylation sites (N-methyl/N-ethyl adjacent to an activating group) is 1. The summed E-state index contributed by atoms with van der Waals surface area (Å²) >= 11 is 0. The van der Waals surface area contributed by atoms with E-state index in [0.717, 1.165) is 6.54 Å². The number of hydrogen-bond donors (Lipinski definition) is 2. The minimum atomic E-state index is -0.650. The van der Waals surface area contributed by atoms with Crippen LogP contribution in [-0.2, 0) is 9.53 Å². The molecule has 2 amide bonds. The molecule has 2 N–H and O–H groups in total. The number of carbonyl (C=O) groups excluding carboxylic acids is 2. The summed E-state index contributed by atoms with van der Waals surface area (Å²) in [6, 6.07) is 2.41. The molecule has 0 saturated heterocycles. The number of rotatable bonds is 6. The highest BCUT2D eigenvalue weighted by Crippen LogP contribution is 2.28. The monoisotopic (exact) mass is 307 g/mol. The first kappa shape index (κ1) is 16.1. The molecule has 22 heavy (non-hydrogen) atoms. The lowest BCUT2D eigenvalue weighted by Crippen LogP contribution is -2.48. The van der Waals surface area contributed by atoms with Crippen LogP contribution in [0.3, 0.4) is 0 Å². The van der Waals surface area contributed by atoms with Gasteiger partial charge in [-0.25, -0.2) is 9.59 Å². The third-order valence-corrected chi connectivity index (χ3v) is 3.44. The molecule has 0 aliphatic carbocycles. The van der Waals surface area contributed by atoms with Gasteiger partial charge in [0, 0.05) is 12.2 Å². The number of nitrogens with one attached hydrogen (secondary N) is 2. The molecular formula is C15H21N3O4. The maximum atomic E-state index is 12.4. The molecule has 0 fully saturated rings. The predicted octanol–water partition coefficient (Wildman–Crippen LogP) is 1.40. The lowest BCUT2D eigenvalue weighted by molar-refractivity contribution is -0.139. The third-order valence-electron chi connectivity index (χ3n) is 3.44. The van der Waals surface area contributed by atoms with Gasteiger partial charge in [0.2, 0.25) is 0 Å². The lowest BCUT2D eigenvalue weighted by Gasteiger charge is -2.29. The molecule has 1 aromatic heterocycles. The molecule has 0 spiro atoms. The maximum absolute atomic E-state index is 12.4. The predicted molar refractivity (Wildman–Crippen MR) is 79.9 cm³/mol. The smallest absolute Gasteiger partial charge is 0.338 e. The highest BCUT2D eigenvalue weighted by Gasteiger charge is 2.35. The van der Waals surface area contributed by atoms with E-state index < -0.39 is 12.0 Å². The third kappa shape index (κ3) is 3.48. The highest BCUT2D eigenvalue weighted by molar-refractivity contribution is 5.95. The van der Waals surface area contributed by atoms with Gasteiger partial charge in [-0.3, -0.25) is 0 Å². The van der Waals surface area contributed by atoms with Crippen LogP contribution in [0.4, 0.5) is 4.79 Å². The van der Waals surface area contributed by atoms with Gasteiger partial charge < -0.3 is 24.7 Å². The molecular weight excluding hydrogens is 286 g/mol. The maximum Gasteiger partial charge on any atom is 0.338 e. The summed E-state index contributed by atoms with van der Waals surface area (Å²) in [7, 11) is 1.91. The molecule has 120 valence electrons. The van der Waals surface area contributed by atoms with E-state index in [2.05, 4.69) is 10.6 Å². The van der Waals surface area contributed by atoms with Crippen molar-refractivity contribution in [2.45, 2.75) is 19.9 Å². The highest BCUT2D eigenvalue weighted by atomic mass is 16.5. The van der Waals surface area contributed by atoms with Gasteiger partial charge in [-0.05, 0) is 32.6 Å². The number of esters is 1. The van der Waals surface area contributed by atoms with E-state index >= 15 is 0 Å². The van der Waals surface area contributed by atoms with Gasteiger partial charge in [0.15, 0.2) is 0 Å². The van der Waals surface area contributed by atoms with E-state index in [9.17, 15) is 9.59 Å². The fourth-order valence-corrected chi connectivity index (χ4v) is 2.24. The zero-order valence-electron chi connectivity index (χ0n) is 13.0. The largest absolute Gasteiger partial charge is 0.467 e. The normalized spacial score (nSPS) is 18.2. The van der Waals surface area contributed by atoms with Crippen LogP contribution in [0.15, 0.2) is 34.1 Å². The van der Waals surface area contributed by atoms with Gasteiger partial charge in [0.1, 0.15) is 11.8 Å². The molecule has 1 atom stereocenters. The van der Waals surface area contributed by atoms with E-state index in [1.165, 1.54) is 6.26 Å². The van der Waals surface area contributed by atoms with Crippen molar-refractivity contribution in [3.63, 3.8) is 0 Å². The average molecular weight is 307 g/mol. The summed E-state index contributed by atoms with van der Waals surface area (Å²) in [5.41, 5.74) is 0.907. The zero-order chi connectivity index (χ0) is 16.1. The van der Waals surface area contributed by atoms with Crippen LogP contribution >= 0.6 is 0 Å². The van der Waals surface area contributed by atoms with Crippen LogP contribution in [0, 0.1) is 0 Å². The topological polar surface area (TPSA) is 83.8 Å². The number of ether oxygens (including phenoxy) is 1. The van der Waals surface area contributed by atoms with E-state index in [-0.39, 0.29) is 12.6 Å². The Morgan fingerprint density at radius 3 is 2.82 bits per heavy atom. The molecule has 0 unspecified atom stereocenters. The van der Waals surface area contributed by atoms with Crippen LogP contribution in [0.25, 0.3) is 0 Å². The van der Waals surface area contributed by atoms with E-state index in [1.54, 1.807) is 19.1 Å². The van der Waals surface area contributed by atoms with Gasteiger partial charge in [0.25, 0.3) is 0 Å². The van der Waals surface area contributed by atoms with E-state index in [1.807, 2.05) is 18.9 Å². The van der Waals surface area contributed by atoms with Gasteiger partial charge in [0.05, 0.1) is 18.4 Å². The van der Waals surface area contributed by atoms with Crippen LogP contribution in [0.1, 0.15) is 25.6 Å². The first-order valence-electron chi connectivity index (χ1n) is 7.26. The molecule has 7 heteroatoms. The molecule has 0 bridgehead atoms. The SMILES string of the molecule is CCOC(=O)C1=C(CN(C)CC)NC(=O)N[C@@H]1c1ccco1. The first-order valence-corrected chi connectivity index (χ1v) is 7.26. The van der Waals surface area contributed by atoms with Crippen molar-refractivity contribution in [3.8, 4) is 0 Å².